The minimum Gasteiger partial charge on any atom is -0.376 e. The van der Waals surface area contributed by atoms with E-state index in [1.807, 2.05) is 12.1 Å². The van der Waals surface area contributed by atoms with Gasteiger partial charge in [-0.3, -0.25) is 9.59 Å². The van der Waals surface area contributed by atoms with Gasteiger partial charge in [-0.1, -0.05) is 23.7 Å². The average Bonchev–Trinajstić information content (AvgIpc) is 3.35. The van der Waals surface area contributed by atoms with E-state index < -0.39 is 0 Å². The van der Waals surface area contributed by atoms with Gasteiger partial charge in [-0.25, -0.2) is 0 Å². The highest BCUT2D eigenvalue weighted by Gasteiger charge is 2.27. The molecule has 0 radical (unpaired) electrons. The lowest BCUT2D eigenvalue weighted by Gasteiger charge is -2.15. The predicted molar refractivity (Wildman–Crippen MR) is 116 cm³/mol. The van der Waals surface area contributed by atoms with E-state index in [2.05, 4.69) is 10.6 Å². The van der Waals surface area contributed by atoms with Crippen molar-refractivity contribution < 1.29 is 14.3 Å². The number of nitrogens with one attached hydrogen (secondary N) is 2. The highest BCUT2D eigenvalue weighted by atomic mass is 35.5. The van der Waals surface area contributed by atoms with Gasteiger partial charge < -0.3 is 15.4 Å². The van der Waals surface area contributed by atoms with E-state index in [0.717, 1.165) is 56.3 Å². The monoisotopic (exact) mass is 432 g/mol. The quantitative estimate of drug-likeness (QED) is 0.712. The second-order valence-electron chi connectivity index (χ2n) is 7.61. The van der Waals surface area contributed by atoms with Gasteiger partial charge in [0.2, 0.25) is 5.91 Å². The summed E-state index contributed by atoms with van der Waals surface area (Å²) in [5.41, 5.74) is 2.64. The number of fused-ring (bicyclic) bond motifs is 1. The number of halogens is 1. The first kappa shape index (κ1) is 20.4. The highest BCUT2D eigenvalue weighted by molar-refractivity contribution is 7.17. The Balaban J connectivity index is 1.49. The van der Waals surface area contributed by atoms with Crippen molar-refractivity contribution in [2.45, 2.75) is 51.0 Å². The molecule has 1 aromatic carbocycles. The van der Waals surface area contributed by atoms with Crippen molar-refractivity contribution >= 4 is 39.8 Å². The molecular weight excluding hydrogens is 408 g/mol. The molecule has 7 heteroatoms. The summed E-state index contributed by atoms with van der Waals surface area (Å²) in [7, 11) is 0. The lowest BCUT2D eigenvalue weighted by Crippen LogP contribution is -2.32. The first-order chi connectivity index (χ1) is 14.1. The number of amides is 2. The summed E-state index contributed by atoms with van der Waals surface area (Å²) in [4.78, 5) is 26.9. The van der Waals surface area contributed by atoms with Crippen molar-refractivity contribution in [2.24, 2.45) is 0 Å². The van der Waals surface area contributed by atoms with Gasteiger partial charge in [-0.05, 0) is 61.8 Å². The van der Waals surface area contributed by atoms with Crippen LogP contribution >= 0.6 is 22.9 Å². The molecule has 0 saturated carbocycles. The van der Waals surface area contributed by atoms with Gasteiger partial charge in [0, 0.05) is 23.1 Å². The number of hydrogen-bond acceptors (Lipinski definition) is 4. The van der Waals surface area contributed by atoms with Crippen molar-refractivity contribution in [3.8, 4) is 0 Å². The Kier molecular flexibility index (Phi) is 6.53. The summed E-state index contributed by atoms with van der Waals surface area (Å²) in [5, 5.41) is 7.33. The third-order valence-electron chi connectivity index (χ3n) is 5.44. The lowest BCUT2D eigenvalue weighted by molar-refractivity contribution is -0.115. The number of carbonyl (C=O) groups is 2. The number of carbonyl (C=O) groups excluding carboxylic acids is 2. The van der Waals surface area contributed by atoms with Crippen molar-refractivity contribution in [2.75, 3.05) is 18.5 Å². The Bertz CT molecular complexity index is 888. The van der Waals surface area contributed by atoms with E-state index in [1.54, 1.807) is 23.5 Å². The van der Waals surface area contributed by atoms with Gasteiger partial charge in [-0.2, -0.15) is 0 Å². The fourth-order valence-electron chi connectivity index (χ4n) is 3.95. The summed E-state index contributed by atoms with van der Waals surface area (Å²) in [6.45, 7) is 1.28. The zero-order valence-electron chi connectivity index (χ0n) is 16.3. The third-order valence-corrected chi connectivity index (χ3v) is 6.90. The zero-order chi connectivity index (χ0) is 20.2. The van der Waals surface area contributed by atoms with Crippen LogP contribution in [0, 0.1) is 0 Å². The molecule has 2 N–H and O–H groups in total. The van der Waals surface area contributed by atoms with Crippen molar-refractivity contribution in [1.82, 2.24) is 5.32 Å². The van der Waals surface area contributed by atoms with Crippen LogP contribution in [0.4, 0.5) is 5.00 Å². The molecule has 4 rings (SSSR count). The van der Waals surface area contributed by atoms with Crippen molar-refractivity contribution in [3.63, 3.8) is 0 Å². The lowest BCUT2D eigenvalue weighted by atomic mass is 9.95. The van der Waals surface area contributed by atoms with E-state index in [-0.39, 0.29) is 24.3 Å². The average molecular weight is 433 g/mol. The van der Waals surface area contributed by atoms with Gasteiger partial charge >= 0.3 is 0 Å². The van der Waals surface area contributed by atoms with Crippen LogP contribution in [0.15, 0.2) is 24.3 Å². The normalized spacial score (nSPS) is 18.3. The Morgan fingerprint density at radius 2 is 1.93 bits per heavy atom. The molecule has 0 bridgehead atoms. The SMILES string of the molecule is O=C(Cc1ccc(Cl)cc1)Nc1sc2c(c1C(=O)NC[C@H]1CCCO1)CCCC2. The number of thiophene rings is 1. The van der Waals surface area contributed by atoms with E-state index in [4.69, 9.17) is 16.3 Å². The van der Waals surface area contributed by atoms with Crippen LogP contribution in [0.5, 0.6) is 0 Å². The molecule has 0 spiro atoms. The van der Waals surface area contributed by atoms with Crippen LogP contribution in [0.3, 0.4) is 0 Å². The molecule has 1 fully saturated rings. The van der Waals surface area contributed by atoms with E-state index in [9.17, 15) is 9.59 Å². The van der Waals surface area contributed by atoms with Gasteiger partial charge in [0.1, 0.15) is 5.00 Å². The van der Waals surface area contributed by atoms with Crippen LogP contribution in [0.2, 0.25) is 5.02 Å². The number of hydrogen-bond donors (Lipinski definition) is 2. The van der Waals surface area contributed by atoms with Crippen LogP contribution in [-0.4, -0.2) is 31.1 Å². The Labute approximate surface area is 179 Å². The number of anilines is 1. The molecule has 1 aliphatic carbocycles. The Hall–Kier alpha value is -1.89. The minimum atomic E-state index is -0.126. The number of benzene rings is 1. The fourth-order valence-corrected chi connectivity index (χ4v) is 5.38. The standard InChI is InChI=1S/C22H25ClN2O3S/c23-15-9-7-14(8-10-15)12-19(26)25-22-20(17-5-1-2-6-18(17)29-22)21(27)24-13-16-4-3-11-28-16/h7-10,16H,1-6,11-13H2,(H,24,27)(H,25,26)/t16-/m1/s1. The molecule has 2 aliphatic rings. The molecule has 2 aromatic rings. The zero-order valence-corrected chi connectivity index (χ0v) is 17.8. The molecule has 1 saturated heterocycles. The van der Waals surface area contributed by atoms with Gasteiger partial charge in [0.05, 0.1) is 18.1 Å². The third kappa shape index (κ3) is 5.00. The molecular formula is C22H25ClN2O3S. The molecule has 1 aliphatic heterocycles. The summed E-state index contributed by atoms with van der Waals surface area (Å²) in [6, 6.07) is 7.24. The molecule has 1 atom stereocenters. The molecule has 0 unspecified atom stereocenters. The fraction of sp³-hybridized carbons (Fsp3) is 0.455. The smallest absolute Gasteiger partial charge is 0.254 e. The Morgan fingerprint density at radius 1 is 1.14 bits per heavy atom. The molecule has 154 valence electrons. The van der Waals surface area contributed by atoms with Crippen molar-refractivity contribution in [1.29, 1.82) is 0 Å². The van der Waals surface area contributed by atoms with Gasteiger partial charge in [0.25, 0.3) is 5.91 Å². The number of ether oxygens (including phenoxy) is 1. The molecule has 1 aromatic heterocycles. The summed E-state index contributed by atoms with van der Waals surface area (Å²) in [6.07, 6.45) is 6.43. The first-order valence-corrected chi connectivity index (χ1v) is 11.4. The second kappa shape index (κ2) is 9.28. The van der Waals surface area contributed by atoms with Crippen LogP contribution < -0.4 is 10.6 Å². The highest BCUT2D eigenvalue weighted by Crippen LogP contribution is 2.38. The van der Waals surface area contributed by atoms with Gasteiger partial charge in [-0.15, -0.1) is 11.3 Å². The van der Waals surface area contributed by atoms with E-state index in [1.165, 1.54) is 4.88 Å². The van der Waals surface area contributed by atoms with Crippen LogP contribution in [-0.2, 0) is 28.8 Å². The minimum absolute atomic E-state index is 0.0938. The van der Waals surface area contributed by atoms with E-state index >= 15 is 0 Å². The topological polar surface area (TPSA) is 67.4 Å². The van der Waals surface area contributed by atoms with Gasteiger partial charge in [0.15, 0.2) is 0 Å². The maximum Gasteiger partial charge on any atom is 0.254 e. The molecule has 2 amide bonds. The van der Waals surface area contributed by atoms with Crippen LogP contribution in [0.1, 0.15) is 52.0 Å². The largest absolute Gasteiger partial charge is 0.376 e. The maximum absolute atomic E-state index is 13.0. The molecule has 5 nitrogen and oxygen atoms in total. The predicted octanol–water partition coefficient (Wildman–Crippen LogP) is 4.37. The molecule has 29 heavy (non-hydrogen) atoms. The summed E-state index contributed by atoms with van der Waals surface area (Å²) >= 11 is 7.46. The second-order valence-corrected chi connectivity index (χ2v) is 9.15. The molecule has 2 heterocycles. The maximum atomic E-state index is 13.0. The number of rotatable bonds is 6. The summed E-state index contributed by atoms with van der Waals surface area (Å²) < 4.78 is 5.61. The Morgan fingerprint density at radius 3 is 2.69 bits per heavy atom. The number of aryl methyl sites for hydroxylation is 1. The van der Waals surface area contributed by atoms with Crippen LogP contribution in [0.25, 0.3) is 0 Å². The van der Waals surface area contributed by atoms with Crippen molar-refractivity contribution in [3.05, 3.63) is 50.9 Å². The first-order valence-electron chi connectivity index (χ1n) is 10.2. The summed E-state index contributed by atoms with van der Waals surface area (Å²) in [5.74, 6) is -0.235. The van der Waals surface area contributed by atoms with E-state index in [0.29, 0.717) is 22.1 Å².